The molecule has 0 amide bonds. The minimum absolute atomic E-state index is 0.393. The maximum Gasteiger partial charge on any atom is 0.0481 e. The second-order valence-electron chi connectivity index (χ2n) is 6.36. The van der Waals surface area contributed by atoms with E-state index in [0.717, 1.165) is 13.1 Å². The number of para-hydroxylation sites is 1. The number of hydrogen-bond donors (Lipinski definition) is 1. The van der Waals surface area contributed by atoms with Gasteiger partial charge in [-0.1, -0.05) is 18.2 Å². The van der Waals surface area contributed by atoms with E-state index >= 15 is 0 Å². The van der Waals surface area contributed by atoms with Crippen molar-refractivity contribution in [3.8, 4) is 0 Å². The van der Waals surface area contributed by atoms with Crippen molar-refractivity contribution in [2.45, 2.75) is 31.3 Å². The van der Waals surface area contributed by atoms with Crippen molar-refractivity contribution in [2.75, 3.05) is 20.6 Å². The van der Waals surface area contributed by atoms with Gasteiger partial charge in [0.25, 0.3) is 0 Å². The average Bonchev–Trinajstić information content (AvgIpc) is 2.70. The zero-order valence-electron chi connectivity index (χ0n) is 12.8. The number of nitrogens with zero attached hydrogens (tertiary/aromatic N) is 2. The maximum absolute atomic E-state index is 3.68. The Morgan fingerprint density at radius 3 is 2.65 bits per heavy atom. The first-order valence-corrected chi connectivity index (χ1v) is 7.53. The normalized spacial score (nSPS) is 17.6. The van der Waals surface area contributed by atoms with Crippen LogP contribution in [0.1, 0.15) is 24.8 Å². The summed E-state index contributed by atoms with van der Waals surface area (Å²) in [6.45, 7) is 2.04. The van der Waals surface area contributed by atoms with Gasteiger partial charge >= 0.3 is 0 Å². The van der Waals surface area contributed by atoms with E-state index in [9.17, 15) is 0 Å². The molecule has 1 aliphatic rings. The molecule has 1 heterocycles. The second kappa shape index (κ2) is 5.23. The Bertz CT molecular complexity index is 593. The minimum Gasteiger partial charge on any atom is -0.350 e. The monoisotopic (exact) mass is 271 g/mol. The first-order valence-electron chi connectivity index (χ1n) is 7.53. The molecule has 0 bridgehead atoms. The highest BCUT2D eigenvalue weighted by atomic mass is 15.2. The third-order valence-corrected chi connectivity index (χ3v) is 4.98. The number of nitrogens with one attached hydrogen (secondary N) is 1. The largest absolute Gasteiger partial charge is 0.350 e. The summed E-state index contributed by atoms with van der Waals surface area (Å²) >= 11 is 0. The van der Waals surface area contributed by atoms with Crippen LogP contribution in [-0.4, -0.2) is 35.6 Å². The fraction of sp³-hybridized carbons (Fsp3) is 0.529. The summed E-state index contributed by atoms with van der Waals surface area (Å²) in [7, 11) is 6.54. The number of aromatic nitrogens is 1. The van der Waals surface area contributed by atoms with Gasteiger partial charge in [0.05, 0.1) is 0 Å². The van der Waals surface area contributed by atoms with Gasteiger partial charge in [-0.3, -0.25) is 0 Å². The Balaban J connectivity index is 1.69. The molecule has 3 heteroatoms. The molecule has 3 rings (SSSR count). The predicted octanol–water partition coefficient (Wildman–Crippen LogP) is 2.75. The summed E-state index contributed by atoms with van der Waals surface area (Å²) < 4.78 is 2.22. The van der Waals surface area contributed by atoms with Crippen LogP contribution in [0, 0.1) is 0 Å². The standard InChI is InChI=1S/C17H25N3/c1-19(2)17(9-6-10-17)13-18-11-14-12-20(3)16-8-5-4-7-15(14)16/h4-5,7-8,12,18H,6,9-11,13H2,1-3H3. The lowest BCUT2D eigenvalue weighted by Crippen LogP contribution is -2.56. The topological polar surface area (TPSA) is 20.2 Å². The molecule has 1 aliphatic carbocycles. The van der Waals surface area contributed by atoms with Crippen LogP contribution in [0.3, 0.4) is 0 Å². The number of fused-ring (bicyclic) bond motifs is 1. The van der Waals surface area contributed by atoms with Crippen molar-refractivity contribution in [3.05, 3.63) is 36.0 Å². The number of likely N-dealkylation sites (N-methyl/N-ethyl adjacent to an activating group) is 1. The molecule has 0 spiro atoms. The van der Waals surface area contributed by atoms with Gasteiger partial charge in [0.15, 0.2) is 0 Å². The van der Waals surface area contributed by atoms with E-state index in [1.807, 2.05) is 0 Å². The molecule has 1 saturated carbocycles. The van der Waals surface area contributed by atoms with E-state index < -0.39 is 0 Å². The molecule has 1 N–H and O–H groups in total. The fourth-order valence-corrected chi connectivity index (χ4v) is 3.36. The molecule has 1 aromatic heterocycles. The van der Waals surface area contributed by atoms with E-state index in [1.165, 1.54) is 35.7 Å². The molecule has 108 valence electrons. The van der Waals surface area contributed by atoms with Gasteiger partial charge in [-0.05, 0) is 45.0 Å². The van der Waals surface area contributed by atoms with Gasteiger partial charge < -0.3 is 14.8 Å². The van der Waals surface area contributed by atoms with Gasteiger partial charge in [0.2, 0.25) is 0 Å². The smallest absolute Gasteiger partial charge is 0.0481 e. The maximum atomic E-state index is 3.68. The van der Waals surface area contributed by atoms with E-state index in [1.54, 1.807) is 0 Å². The summed E-state index contributed by atoms with van der Waals surface area (Å²) in [5.41, 5.74) is 3.11. The van der Waals surface area contributed by atoms with Crippen LogP contribution < -0.4 is 5.32 Å². The van der Waals surface area contributed by atoms with Crippen molar-refractivity contribution in [1.82, 2.24) is 14.8 Å². The molecule has 3 nitrogen and oxygen atoms in total. The van der Waals surface area contributed by atoms with Crippen molar-refractivity contribution in [3.63, 3.8) is 0 Å². The highest BCUT2D eigenvalue weighted by Crippen LogP contribution is 2.35. The lowest BCUT2D eigenvalue weighted by atomic mass is 9.75. The molecular formula is C17H25N3. The average molecular weight is 271 g/mol. The SMILES string of the molecule is CN(C)C1(CNCc2cn(C)c3ccccc23)CCC1. The third-order valence-electron chi connectivity index (χ3n) is 4.98. The van der Waals surface area contributed by atoms with Crippen LogP contribution >= 0.6 is 0 Å². The molecule has 0 saturated heterocycles. The van der Waals surface area contributed by atoms with Crippen molar-refractivity contribution >= 4 is 10.9 Å². The van der Waals surface area contributed by atoms with E-state index in [0.29, 0.717) is 5.54 Å². The predicted molar refractivity (Wildman–Crippen MR) is 84.9 cm³/mol. The molecule has 0 unspecified atom stereocenters. The van der Waals surface area contributed by atoms with Crippen LogP contribution in [0.25, 0.3) is 10.9 Å². The van der Waals surface area contributed by atoms with Crippen LogP contribution in [-0.2, 0) is 13.6 Å². The first kappa shape index (κ1) is 13.7. The Morgan fingerprint density at radius 2 is 2.00 bits per heavy atom. The zero-order chi connectivity index (χ0) is 14.2. The summed E-state index contributed by atoms with van der Waals surface area (Å²) in [5, 5.41) is 5.05. The minimum atomic E-state index is 0.393. The van der Waals surface area contributed by atoms with Crippen LogP contribution in [0.5, 0.6) is 0 Å². The van der Waals surface area contributed by atoms with Gasteiger partial charge in [-0.15, -0.1) is 0 Å². The quantitative estimate of drug-likeness (QED) is 0.902. The number of aryl methyl sites for hydroxylation is 1. The molecular weight excluding hydrogens is 246 g/mol. The summed E-state index contributed by atoms with van der Waals surface area (Å²) in [6, 6.07) is 8.64. The molecule has 2 aromatic rings. The van der Waals surface area contributed by atoms with Crippen molar-refractivity contribution < 1.29 is 0 Å². The molecule has 1 aromatic carbocycles. The highest BCUT2D eigenvalue weighted by Gasteiger charge is 2.38. The Morgan fingerprint density at radius 1 is 1.25 bits per heavy atom. The number of benzene rings is 1. The van der Waals surface area contributed by atoms with Crippen LogP contribution in [0.15, 0.2) is 30.5 Å². The number of hydrogen-bond acceptors (Lipinski definition) is 2. The van der Waals surface area contributed by atoms with Crippen molar-refractivity contribution in [2.24, 2.45) is 7.05 Å². The molecule has 0 radical (unpaired) electrons. The lowest BCUT2D eigenvalue weighted by Gasteiger charge is -2.47. The molecule has 1 fully saturated rings. The zero-order valence-corrected chi connectivity index (χ0v) is 12.8. The molecule has 20 heavy (non-hydrogen) atoms. The number of rotatable bonds is 5. The lowest BCUT2D eigenvalue weighted by molar-refractivity contribution is 0.0598. The van der Waals surface area contributed by atoms with Gasteiger partial charge in [0.1, 0.15) is 0 Å². The summed E-state index contributed by atoms with van der Waals surface area (Å²) in [5.74, 6) is 0. The fourth-order valence-electron chi connectivity index (χ4n) is 3.36. The third kappa shape index (κ3) is 2.25. The van der Waals surface area contributed by atoms with E-state index in [-0.39, 0.29) is 0 Å². The molecule has 0 aliphatic heterocycles. The molecule has 0 atom stereocenters. The summed E-state index contributed by atoms with van der Waals surface area (Å²) in [4.78, 5) is 2.40. The summed E-state index contributed by atoms with van der Waals surface area (Å²) in [6.07, 6.45) is 6.26. The second-order valence-corrected chi connectivity index (χ2v) is 6.36. The van der Waals surface area contributed by atoms with Crippen LogP contribution in [0.2, 0.25) is 0 Å². The highest BCUT2D eigenvalue weighted by molar-refractivity contribution is 5.83. The van der Waals surface area contributed by atoms with E-state index in [4.69, 9.17) is 0 Å². The Labute approximate surface area is 121 Å². The van der Waals surface area contributed by atoms with Crippen molar-refractivity contribution in [1.29, 1.82) is 0 Å². The van der Waals surface area contributed by atoms with Gasteiger partial charge in [0, 0.05) is 42.8 Å². The van der Waals surface area contributed by atoms with Gasteiger partial charge in [-0.2, -0.15) is 0 Å². The van der Waals surface area contributed by atoms with Gasteiger partial charge in [-0.25, -0.2) is 0 Å². The van der Waals surface area contributed by atoms with Crippen LogP contribution in [0.4, 0.5) is 0 Å². The Kier molecular flexibility index (Phi) is 3.57. The Hall–Kier alpha value is -1.32. The first-order chi connectivity index (χ1) is 9.62. The van der Waals surface area contributed by atoms with E-state index in [2.05, 4.69) is 66.4 Å².